The molecule has 0 aliphatic heterocycles. The minimum atomic E-state index is -0.437. The van der Waals surface area contributed by atoms with E-state index in [2.05, 4.69) is 20.8 Å². The van der Waals surface area contributed by atoms with E-state index in [0.717, 1.165) is 43.9 Å². The standard InChI is InChI=1S/C22H36O2/c1-5-14-12-18(23)22(4)11-8-17-16-7-9-20(2,24)13-15(16)6-10-21(17,3)19(14)22/h14-17,19,24H,5-13H2,1-4H3/t14-,15-,16+,17-,19+,20-,21-,22-/m1/s1. The molecule has 2 heteroatoms. The molecule has 8 atom stereocenters. The van der Waals surface area contributed by atoms with Crippen LogP contribution in [0.1, 0.15) is 85.5 Å². The smallest absolute Gasteiger partial charge is 0.139 e. The molecule has 0 heterocycles. The molecule has 0 saturated heterocycles. The maximum atomic E-state index is 12.9. The Morgan fingerprint density at radius 3 is 2.54 bits per heavy atom. The van der Waals surface area contributed by atoms with E-state index in [1.165, 1.54) is 25.7 Å². The summed E-state index contributed by atoms with van der Waals surface area (Å²) in [4.78, 5) is 12.9. The lowest BCUT2D eigenvalue weighted by Gasteiger charge is -2.62. The lowest BCUT2D eigenvalue weighted by atomic mass is 9.42. The fourth-order valence-electron chi connectivity index (χ4n) is 8.16. The molecule has 2 nitrogen and oxygen atoms in total. The van der Waals surface area contributed by atoms with Gasteiger partial charge in [0.15, 0.2) is 0 Å². The zero-order valence-electron chi connectivity index (χ0n) is 16.1. The SMILES string of the molecule is CC[C@@H]1CC(=O)[C@@]2(C)CC[C@@H]3[C@H]4CC[C@@](C)(O)C[C@H]4CC[C@@]3(C)[C@H]12. The van der Waals surface area contributed by atoms with Gasteiger partial charge in [-0.1, -0.05) is 27.2 Å². The Morgan fingerprint density at radius 1 is 1.08 bits per heavy atom. The van der Waals surface area contributed by atoms with Gasteiger partial charge in [0.1, 0.15) is 5.78 Å². The van der Waals surface area contributed by atoms with Crippen LogP contribution in [0.3, 0.4) is 0 Å². The van der Waals surface area contributed by atoms with Gasteiger partial charge in [0.05, 0.1) is 5.60 Å². The summed E-state index contributed by atoms with van der Waals surface area (Å²) in [7, 11) is 0. The molecule has 0 bridgehead atoms. The van der Waals surface area contributed by atoms with Crippen LogP contribution in [0.4, 0.5) is 0 Å². The molecule has 0 amide bonds. The van der Waals surface area contributed by atoms with Crippen LogP contribution in [0.15, 0.2) is 0 Å². The third-order valence-electron chi connectivity index (χ3n) is 9.19. The topological polar surface area (TPSA) is 37.3 Å². The number of carbonyl (C=O) groups excluding carboxylic acids is 1. The number of ketones is 1. The van der Waals surface area contributed by atoms with Crippen molar-refractivity contribution in [1.29, 1.82) is 0 Å². The molecular formula is C22H36O2. The quantitative estimate of drug-likeness (QED) is 0.735. The Bertz CT molecular complexity index is 538. The number of carbonyl (C=O) groups is 1. The van der Waals surface area contributed by atoms with Gasteiger partial charge in [-0.05, 0) is 86.9 Å². The summed E-state index contributed by atoms with van der Waals surface area (Å²) >= 11 is 0. The number of hydrogen-bond acceptors (Lipinski definition) is 2. The summed E-state index contributed by atoms with van der Waals surface area (Å²) < 4.78 is 0. The third-order valence-corrected chi connectivity index (χ3v) is 9.19. The van der Waals surface area contributed by atoms with Crippen molar-refractivity contribution < 1.29 is 9.90 Å². The van der Waals surface area contributed by atoms with Crippen molar-refractivity contribution in [3.63, 3.8) is 0 Å². The molecule has 0 aromatic rings. The molecule has 136 valence electrons. The van der Waals surface area contributed by atoms with E-state index < -0.39 is 5.60 Å². The molecule has 4 aliphatic carbocycles. The maximum Gasteiger partial charge on any atom is 0.139 e. The summed E-state index contributed by atoms with van der Waals surface area (Å²) in [6, 6.07) is 0. The Kier molecular flexibility index (Phi) is 3.78. The molecular weight excluding hydrogens is 296 g/mol. The summed E-state index contributed by atoms with van der Waals surface area (Å²) in [6.45, 7) is 9.18. The zero-order chi connectivity index (χ0) is 17.3. The number of Topliss-reactive ketones (excluding diaryl/α,β-unsaturated/α-hetero) is 1. The lowest BCUT2D eigenvalue weighted by molar-refractivity contribution is -0.157. The highest BCUT2D eigenvalue weighted by molar-refractivity contribution is 5.87. The van der Waals surface area contributed by atoms with Gasteiger partial charge < -0.3 is 5.11 Å². The van der Waals surface area contributed by atoms with E-state index in [9.17, 15) is 9.90 Å². The Hall–Kier alpha value is -0.370. The fourth-order valence-corrected chi connectivity index (χ4v) is 8.16. The van der Waals surface area contributed by atoms with E-state index in [1.807, 2.05) is 6.92 Å². The molecule has 0 radical (unpaired) electrons. The van der Waals surface area contributed by atoms with Gasteiger partial charge in [0, 0.05) is 11.8 Å². The van der Waals surface area contributed by atoms with E-state index in [4.69, 9.17) is 0 Å². The van der Waals surface area contributed by atoms with Crippen LogP contribution in [-0.2, 0) is 4.79 Å². The van der Waals surface area contributed by atoms with Crippen LogP contribution in [-0.4, -0.2) is 16.5 Å². The van der Waals surface area contributed by atoms with Crippen molar-refractivity contribution in [3.8, 4) is 0 Å². The van der Waals surface area contributed by atoms with Crippen LogP contribution in [0.25, 0.3) is 0 Å². The van der Waals surface area contributed by atoms with Crippen LogP contribution in [0, 0.1) is 40.4 Å². The molecule has 4 fully saturated rings. The van der Waals surface area contributed by atoms with Gasteiger partial charge in [0.2, 0.25) is 0 Å². The van der Waals surface area contributed by atoms with Crippen LogP contribution in [0.5, 0.6) is 0 Å². The lowest BCUT2D eigenvalue weighted by Crippen LogP contribution is -2.56. The number of aliphatic hydroxyl groups is 1. The molecule has 4 aliphatic rings. The van der Waals surface area contributed by atoms with Gasteiger partial charge in [-0.15, -0.1) is 0 Å². The predicted molar refractivity (Wildman–Crippen MR) is 96.5 cm³/mol. The fraction of sp³-hybridized carbons (Fsp3) is 0.955. The average Bonchev–Trinajstić information content (AvgIpc) is 2.78. The van der Waals surface area contributed by atoms with Crippen LogP contribution < -0.4 is 0 Å². The zero-order valence-corrected chi connectivity index (χ0v) is 16.1. The second-order valence-corrected chi connectivity index (χ2v) is 10.5. The Morgan fingerprint density at radius 2 is 1.83 bits per heavy atom. The van der Waals surface area contributed by atoms with Crippen molar-refractivity contribution in [1.82, 2.24) is 0 Å². The third kappa shape index (κ3) is 2.20. The Balaban J connectivity index is 1.67. The second kappa shape index (κ2) is 5.32. The summed E-state index contributed by atoms with van der Waals surface area (Å²) in [6.07, 6.45) is 10.1. The molecule has 0 unspecified atom stereocenters. The van der Waals surface area contributed by atoms with Crippen molar-refractivity contribution in [2.24, 2.45) is 40.4 Å². The van der Waals surface area contributed by atoms with Crippen LogP contribution >= 0.6 is 0 Å². The van der Waals surface area contributed by atoms with Crippen molar-refractivity contribution in [2.45, 2.75) is 91.1 Å². The molecule has 1 N–H and O–H groups in total. The van der Waals surface area contributed by atoms with Crippen molar-refractivity contribution in [3.05, 3.63) is 0 Å². The van der Waals surface area contributed by atoms with Crippen molar-refractivity contribution >= 4 is 5.78 Å². The Labute approximate surface area is 147 Å². The van der Waals surface area contributed by atoms with Gasteiger partial charge in [-0.25, -0.2) is 0 Å². The average molecular weight is 333 g/mol. The van der Waals surface area contributed by atoms with E-state index in [0.29, 0.717) is 29.0 Å². The van der Waals surface area contributed by atoms with Gasteiger partial charge in [-0.2, -0.15) is 0 Å². The predicted octanol–water partition coefficient (Wildman–Crippen LogP) is 4.99. The first-order chi connectivity index (χ1) is 11.2. The second-order valence-electron chi connectivity index (χ2n) is 10.5. The monoisotopic (exact) mass is 332 g/mol. The highest BCUT2D eigenvalue weighted by atomic mass is 16.3. The van der Waals surface area contributed by atoms with E-state index in [1.54, 1.807) is 0 Å². The number of hydrogen-bond donors (Lipinski definition) is 1. The summed E-state index contributed by atoms with van der Waals surface area (Å²) in [5, 5.41) is 10.5. The molecule has 0 aromatic carbocycles. The first-order valence-electron chi connectivity index (χ1n) is 10.5. The highest BCUT2D eigenvalue weighted by Gasteiger charge is 2.64. The van der Waals surface area contributed by atoms with Gasteiger partial charge in [0.25, 0.3) is 0 Å². The molecule has 24 heavy (non-hydrogen) atoms. The van der Waals surface area contributed by atoms with Gasteiger partial charge >= 0.3 is 0 Å². The summed E-state index contributed by atoms with van der Waals surface area (Å²) in [5.74, 6) is 4.07. The molecule has 4 rings (SSSR count). The van der Waals surface area contributed by atoms with E-state index >= 15 is 0 Å². The summed E-state index contributed by atoms with van der Waals surface area (Å²) in [5.41, 5.74) is -0.128. The molecule has 4 saturated carbocycles. The number of rotatable bonds is 1. The van der Waals surface area contributed by atoms with Gasteiger partial charge in [-0.3, -0.25) is 4.79 Å². The molecule has 0 aromatic heterocycles. The largest absolute Gasteiger partial charge is 0.390 e. The van der Waals surface area contributed by atoms with Crippen molar-refractivity contribution in [2.75, 3.05) is 0 Å². The molecule has 0 spiro atoms. The maximum absolute atomic E-state index is 12.9. The first-order valence-corrected chi connectivity index (χ1v) is 10.5. The first kappa shape index (κ1) is 17.1. The minimum Gasteiger partial charge on any atom is -0.390 e. The number of fused-ring (bicyclic) bond motifs is 5. The van der Waals surface area contributed by atoms with Crippen LogP contribution in [0.2, 0.25) is 0 Å². The van der Waals surface area contributed by atoms with E-state index in [-0.39, 0.29) is 5.41 Å². The highest BCUT2D eigenvalue weighted by Crippen LogP contribution is 2.69. The minimum absolute atomic E-state index is 0.0427. The normalized spacial score (nSPS) is 57.2.